The number of cyclic esters (lactones) is 2. The number of esters is 2. The fourth-order valence-electron chi connectivity index (χ4n) is 12.8. The minimum absolute atomic E-state index is 0.0125. The Labute approximate surface area is 292 Å². The van der Waals surface area contributed by atoms with Crippen molar-refractivity contribution >= 4 is 17.7 Å². The van der Waals surface area contributed by atoms with Crippen molar-refractivity contribution in [2.75, 3.05) is 26.4 Å². The first kappa shape index (κ1) is 33.2. The van der Waals surface area contributed by atoms with Gasteiger partial charge in [-0.05, 0) is 69.3 Å². The number of hydrogen-bond acceptors (Lipinski definition) is 12. The summed E-state index contributed by atoms with van der Waals surface area (Å²) < 4.78 is 31.2. The molecule has 7 fully saturated rings. The molecule has 12 nitrogen and oxygen atoms in total. The Balaban J connectivity index is 1.05. The largest absolute Gasteiger partial charge is 0.469 e. The Morgan fingerprint density at radius 2 is 1.86 bits per heavy atom. The maximum atomic E-state index is 14.5. The van der Waals surface area contributed by atoms with Gasteiger partial charge < -0.3 is 38.9 Å². The van der Waals surface area contributed by atoms with E-state index < -0.39 is 63.8 Å². The van der Waals surface area contributed by atoms with Crippen molar-refractivity contribution in [2.45, 2.75) is 108 Å². The Kier molecular flexibility index (Phi) is 7.29. The van der Waals surface area contributed by atoms with Crippen LogP contribution in [0.25, 0.3) is 0 Å². The fourth-order valence-corrected chi connectivity index (χ4v) is 12.8. The van der Waals surface area contributed by atoms with Crippen molar-refractivity contribution in [3.05, 3.63) is 35.8 Å². The fraction of sp³-hybridized carbons (Fsp3) is 0.763. The molecule has 9 rings (SSSR count). The molecule has 0 amide bonds. The van der Waals surface area contributed by atoms with E-state index in [1.54, 1.807) is 6.26 Å². The number of aliphatic hydroxyl groups excluding tert-OH is 2. The highest BCUT2D eigenvalue weighted by atomic mass is 16.7. The third-order valence-corrected chi connectivity index (χ3v) is 15.0. The van der Waals surface area contributed by atoms with Crippen molar-refractivity contribution in [3.8, 4) is 0 Å². The number of carbonyl (C=O) groups excluding carboxylic acids is 3. The molecule has 2 saturated carbocycles. The van der Waals surface area contributed by atoms with Crippen LogP contribution in [0.15, 0.2) is 28.9 Å². The molecule has 1 aromatic rings. The predicted octanol–water partition coefficient (Wildman–Crippen LogP) is 2.36. The van der Waals surface area contributed by atoms with Gasteiger partial charge in [-0.3, -0.25) is 14.9 Å². The molecular weight excluding hydrogens is 644 g/mol. The molecule has 0 bridgehead atoms. The topological polar surface area (TPSA) is 169 Å². The van der Waals surface area contributed by atoms with Gasteiger partial charge in [-0.1, -0.05) is 26.0 Å². The maximum Gasteiger partial charge on any atom is 0.339 e. The number of allylic oxidation sites excluding steroid dienone is 1. The van der Waals surface area contributed by atoms with Gasteiger partial charge in [-0.25, -0.2) is 4.79 Å². The molecule has 12 heteroatoms. The molecule has 6 heterocycles. The molecule has 14 unspecified atom stereocenters. The summed E-state index contributed by atoms with van der Waals surface area (Å²) in [5, 5.41) is 29.7. The zero-order valence-electron chi connectivity index (χ0n) is 29.3. The number of fused-ring (bicyclic) bond motifs is 1. The van der Waals surface area contributed by atoms with E-state index in [2.05, 4.69) is 29.7 Å². The van der Waals surface area contributed by atoms with Gasteiger partial charge >= 0.3 is 11.9 Å². The van der Waals surface area contributed by atoms with E-state index in [1.165, 1.54) is 0 Å². The van der Waals surface area contributed by atoms with Crippen LogP contribution >= 0.6 is 0 Å². The molecule has 2 spiro atoms. The Morgan fingerprint density at radius 3 is 2.58 bits per heavy atom. The highest BCUT2D eigenvalue weighted by Crippen LogP contribution is 2.80. The van der Waals surface area contributed by atoms with Gasteiger partial charge in [0.05, 0.1) is 30.3 Å². The van der Waals surface area contributed by atoms with Crippen molar-refractivity contribution in [1.82, 2.24) is 10.6 Å². The minimum Gasteiger partial charge on any atom is -0.469 e. The van der Waals surface area contributed by atoms with Crippen LogP contribution in [0, 0.1) is 45.8 Å². The van der Waals surface area contributed by atoms with Gasteiger partial charge in [0.2, 0.25) is 0 Å². The van der Waals surface area contributed by atoms with Crippen molar-refractivity contribution in [2.24, 2.45) is 45.8 Å². The first-order chi connectivity index (χ1) is 23.8. The molecule has 1 aromatic heterocycles. The molecule has 8 aliphatic rings. The lowest BCUT2D eigenvalue weighted by Crippen LogP contribution is -2.76. The number of Topliss-reactive ketones (excluding diaryl/α,β-unsaturated/α-hetero) is 1. The van der Waals surface area contributed by atoms with Gasteiger partial charge in [-0.15, -0.1) is 0 Å². The molecule has 0 aromatic carbocycles. The summed E-state index contributed by atoms with van der Waals surface area (Å²) in [6.07, 6.45) is 6.10. The van der Waals surface area contributed by atoms with E-state index in [0.29, 0.717) is 37.0 Å². The lowest BCUT2D eigenvalue weighted by molar-refractivity contribution is -0.252. The van der Waals surface area contributed by atoms with E-state index in [1.807, 2.05) is 26.8 Å². The highest BCUT2D eigenvalue weighted by Gasteiger charge is 2.90. The molecule has 5 aliphatic heterocycles. The zero-order chi connectivity index (χ0) is 35.0. The van der Waals surface area contributed by atoms with Crippen LogP contribution in [0.5, 0.6) is 0 Å². The summed E-state index contributed by atoms with van der Waals surface area (Å²) in [7, 11) is 0. The predicted molar refractivity (Wildman–Crippen MR) is 175 cm³/mol. The molecule has 14 atom stereocenters. The Morgan fingerprint density at radius 1 is 1.04 bits per heavy atom. The Hall–Kier alpha value is -2.61. The van der Waals surface area contributed by atoms with E-state index in [4.69, 9.17) is 23.4 Å². The molecule has 272 valence electrons. The third kappa shape index (κ3) is 4.06. The van der Waals surface area contributed by atoms with Crippen LogP contribution in [-0.2, 0) is 39.8 Å². The first-order valence-corrected chi connectivity index (χ1v) is 18.6. The monoisotopic (exact) mass is 694 g/mol. The van der Waals surface area contributed by atoms with Crippen molar-refractivity contribution < 1.29 is 48.0 Å². The second kappa shape index (κ2) is 11.0. The number of epoxide rings is 1. The zero-order valence-corrected chi connectivity index (χ0v) is 29.3. The lowest BCUT2D eigenvalue weighted by Gasteiger charge is -2.66. The number of ether oxygens (including phenoxy) is 4. The summed E-state index contributed by atoms with van der Waals surface area (Å²) in [5.41, 5.74) is -4.29. The van der Waals surface area contributed by atoms with Crippen LogP contribution in [0.1, 0.15) is 77.2 Å². The van der Waals surface area contributed by atoms with Gasteiger partial charge in [0.25, 0.3) is 0 Å². The minimum atomic E-state index is -1.43. The van der Waals surface area contributed by atoms with E-state index in [9.17, 15) is 24.6 Å². The molecule has 0 radical (unpaired) electrons. The maximum absolute atomic E-state index is 14.5. The number of furan rings is 1. The SMILES string of the molecule is CC1(C)OC2CC(=O)OCC23C1C(=O)C(O)C1(C)C3CCC2(C)C(c3ccoc3CC(CO)C3C=CC(C4CNCN4)CC3)OC(=O)C3OC321. The van der Waals surface area contributed by atoms with Crippen LogP contribution in [0.2, 0.25) is 0 Å². The Bertz CT molecular complexity index is 1630. The van der Waals surface area contributed by atoms with Crippen molar-refractivity contribution in [1.29, 1.82) is 0 Å². The van der Waals surface area contributed by atoms with Crippen LogP contribution in [0.3, 0.4) is 0 Å². The average Bonchev–Trinajstić information content (AvgIpc) is 3.35. The normalized spacial score (nSPS) is 49.2. The molecule has 4 N–H and O–H groups in total. The van der Waals surface area contributed by atoms with Crippen LogP contribution in [-0.4, -0.2) is 89.9 Å². The molecule has 3 aliphatic carbocycles. The van der Waals surface area contributed by atoms with Gasteiger partial charge in [0.15, 0.2) is 11.9 Å². The number of aliphatic hydroxyl groups is 2. The molecule has 5 saturated heterocycles. The summed E-state index contributed by atoms with van der Waals surface area (Å²) in [6, 6.07) is 2.27. The van der Waals surface area contributed by atoms with Crippen LogP contribution in [0.4, 0.5) is 0 Å². The second-order valence-electron chi connectivity index (χ2n) is 17.4. The lowest BCUT2D eigenvalue weighted by atomic mass is 9.36. The molecule has 50 heavy (non-hydrogen) atoms. The van der Waals surface area contributed by atoms with E-state index >= 15 is 0 Å². The van der Waals surface area contributed by atoms with Crippen LogP contribution < -0.4 is 10.6 Å². The molecular formula is C38H50N2O10. The summed E-state index contributed by atoms with van der Waals surface area (Å²) in [5.74, 6) is -1.05. The highest BCUT2D eigenvalue weighted by molar-refractivity contribution is 5.92. The summed E-state index contributed by atoms with van der Waals surface area (Å²) in [4.78, 5) is 41.0. The summed E-state index contributed by atoms with van der Waals surface area (Å²) in [6.45, 7) is 9.46. The quantitative estimate of drug-likeness (QED) is 0.195. The van der Waals surface area contributed by atoms with Gasteiger partial charge in [-0.2, -0.15) is 0 Å². The van der Waals surface area contributed by atoms with Gasteiger partial charge in [0, 0.05) is 54.1 Å². The van der Waals surface area contributed by atoms with Crippen molar-refractivity contribution in [3.63, 3.8) is 0 Å². The third-order valence-electron chi connectivity index (χ3n) is 15.0. The second-order valence-corrected chi connectivity index (χ2v) is 17.4. The number of ketones is 1. The first-order valence-electron chi connectivity index (χ1n) is 18.6. The number of hydrogen-bond donors (Lipinski definition) is 4. The van der Waals surface area contributed by atoms with Gasteiger partial charge in [0.1, 0.15) is 30.2 Å². The average molecular weight is 695 g/mol. The number of rotatable bonds is 6. The smallest absolute Gasteiger partial charge is 0.339 e. The van der Waals surface area contributed by atoms with E-state index in [-0.39, 0.29) is 49.1 Å². The standard InChI is InChI=1S/C38H50N2O10/c1-34(2)29-28(43)30(44)36(4)25(37(29)17-47-27(42)14-26(37)49-34)9-11-35(3)31(48-33(45)32-38(35,36)50-32)22-10-12-46-24(22)13-21(16-41)19-5-7-20(8-6-19)23-15-39-18-40-23/h5,7,10,12,19-21,23,25-26,29-32,39-41,44H,6,8-9,11,13-18H2,1-4H3. The number of nitrogens with one attached hydrogen (secondary N) is 2. The number of carbonyl (C=O) groups is 3. The summed E-state index contributed by atoms with van der Waals surface area (Å²) >= 11 is 0. The van der Waals surface area contributed by atoms with E-state index in [0.717, 1.165) is 31.6 Å².